The molecule has 1 aromatic carbocycles. The number of nitrogens with two attached hydrogens (primary N) is 1. The van der Waals surface area contributed by atoms with Crippen molar-refractivity contribution in [1.82, 2.24) is 4.90 Å². The Morgan fingerprint density at radius 3 is 2.67 bits per heavy atom. The van der Waals surface area contributed by atoms with Gasteiger partial charge in [-0.05, 0) is 30.7 Å². The predicted octanol–water partition coefficient (Wildman–Crippen LogP) is 1.15. The highest BCUT2D eigenvalue weighted by atomic mass is 19.1. The SMILES string of the molecule is CCN(CCO)CCC(O)c1ccc(F)c(N)c1. The molecule has 0 radical (unpaired) electrons. The van der Waals surface area contributed by atoms with Crippen molar-refractivity contribution in [2.75, 3.05) is 32.0 Å². The smallest absolute Gasteiger partial charge is 0.146 e. The summed E-state index contributed by atoms with van der Waals surface area (Å²) in [6.07, 6.45) is -0.139. The topological polar surface area (TPSA) is 69.7 Å². The molecule has 102 valence electrons. The molecule has 0 aliphatic heterocycles. The maximum atomic E-state index is 13.0. The van der Waals surface area contributed by atoms with E-state index in [9.17, 15) is 9.50 Å². The Labute approximate surface area is 107 Å². The molecule has 0 aliphatic carbocycles. The van der Waals surface area contributed by atoms with Crippen LogP contribution in [0.15, 0.2) is 18.2 Å². The summed E-state index contributed by atoms with van der Waals surface area (Å²) < 4.78 is 13.0. The number of benzene rings is 1. The number of hydrogen-bond donors (Lipinski definition) is 3. The molecule has 1 rings (SSSR count). The summed E-state index contributed by atoms with van der Waals surface area (Å²) in [7, 11) is 0. The lowest BCUT2D eigenvalue weighted by Gasteiger charge is -2.21. The van der Waals surface area contributed by atoms with Crippen LogP contribution in [0.1, 0.15) is 25.0 Å². The van der Waals surface area contributed by atoms with Crippen molar-refractivity contribution in [1.29, 1.82) is 0 Å². The van der Waals surface area contributed by atoms with E-state index < -0.39 is 11.9 Å². The Hall–Kier alpha value is -1.17. The van der Waals surface area contributed by atoms with Crippen molar-refractivity contribution in [3.05, 3.63) is 29.6 Å². The first-order valence-corrected chi connectivity index (χ1v) is 6.14. The van der Waals surface area contributed by atoms with Crippen molar-refractivity contribution in [2.24, 2.45) is 0 Å². The molecular formula is C13H21FN2O2. The summed E-state index contributed by atoms with van der Waals surface area (Å²) in [5.41, 5.74) is 6.13. The molecule has 0 bridgehead atoms. The molecule has 0 amide bonds. The summed E-state index contributed by atoms with van der Waals surface area (Å²) in [4.78, 5) is 2.04. The number of halogens is 1. The Bertz CT molecular complexity index is 374. The van der Waals surface area contributed by atoms with E-state index >= 15 is 0 Å². The Morgan fingerprint density at radius 2 is 2.11 bits per heavy atom. The number of nitrogens with zero attached hydrogens (tertiary/aromatic N) is 1. The Kier molecular flexibility index (Phi) is 6.04. The quantitative estimate of drug-likeness (QED) is 0.640. The number of hydrogen-bond acceptors (Lipinski definition) is 4. The van der Waals surface area contributed by atoms with Crippen LogP contribution in [0, 0.1) is 5.82 Å². The first-order valence-electron chi connectivity index (χ1n) is 6.14. The van der Waals surface area contributed by atoms with E-state index in [0.29, 0.717) is 25.1 Å². The number of nitrogen functional groups attached to an aromatic ring is 1. The van der Waals surface area contributed by atoms with Gasteiger partial charge in [-0.2, -0.15) is 0 Å². The minimum absolute atomic E-state index is 0.0502. The maximum absolute atomic E-state index is 13.0. The molecule has 4 N–H and O–H groups in total. The molecule has 0 heterocycles. The second kappa shape index (κ2) is 7.31. The van der Waals surface area contributed by atoms with E-state index in [1.165, 1.54) is 12.1 Å². The van der Waals surface area contributed by atoms with Gasteiger partial charge in [0.2, 0.25) is 0 Å². The first kappa shape index (κ1) is 14.9. The molecule has 0 saturated carbocycles. The van der Waals surface area contributed by atoms with Gasteiger partial charge in [-0.3, -0.25) is 0 Å². The maximum Gasteiger partial charge on any atom is 0.146 e. The van der Waals surface area contributed by atoms with Crippen LogP contribution in [-0.4, -0.2) is 41.4 Å². The summed E-state index contributed by atoms with van der Waals surface area (Å²) in [5.74, 6) is -0.471. The van der Waals surface area contributed by atoms with Gasteiger partial charge < -0.3 is 20.8 Å². The van der Waals surface area contributed by atoms with Crippen molar-refractivity contribution in [3.8, 4) is 0 Å². The largest absolute Gasteiger partial charge is 0.396 e. The lowest BCUT2D eigenvalue weighted by Crippen LogP contribution is -2.28. The van der Waals surface area contributed by atoms with E-state index in [0.717, 1.165) is 6.54 Å². The van der Waals surface area contributed by atoms with Gasteiger partial charge in [-0.1, -0.05) is 13.0 Å². The van der Waals surface area contributed by atoms with Gasteiger partial charge in [0.15, 0.2) is 0 Å². The monoisotopic (exact) mass is 256 g/mol. The van der Waals surface area contributed by atoms with Crippen LogP contribution in [0.25, 0.3) is 0 Å². The minimum Gasteiger partial charge on any atom is -0.396 e. The lowest BCUT2D eigenvalue weighted by atomic mass is 10.1. The molecular weight excluding hydrogens is 235 g/mol. The third-order valence-electron chi connectivity index (χ3n) is 2.99. The van der Waals surface area contributed by atoms with Crippen molar-refractivity contribution < 1.29 is 14.6 Å². The van der Waals surface area contributed by atoms with Gasteiger partial charge in [-0.15, -0.1) is 0 Å². The standard InChI is InChI=1S/C13H21FN2O2/c1-2-16(7-8-17)6-5-13(18)10-3-4-11(14)12(15)9-10/h3-4,9,13,17-18H,2,5-8,15H2,1H3. The zero-order valence-corrected chi connectivity index (χ0v) is 10.6. The number of rotatable bonds is 7. The van der Waals surface area contributed by atoms with Crippen molar-refractivity contribution in [2.45, 2.75) is 19.4 Å². The molecule has 0 fully saturated rings. The number of aliphatic hydroxyl groups is 2. The van der Waals surface area contributed by atoms with Gasteiger partial charge >= 0.3 is 0 Å². The van der Waals surface area contributed by atoms with Crippen LogP contribution in [0.2, 0.25) is 0 Å². The molecule has 18 heavy (non-hydrogen) atoms. The lowest BCUT2D eigenvalue weighted by molar-refractivity contribution is 0.133. The van der Waals surface area contributed by atoms with Crippen LogP contribution in [-0.2, 0) is 0 Å². The van der Waals surface area contributed by atoms with E-state index in [1.807, 2.05) is 11.8 Å². The zero-order chi connectivity index (χ0) is 13.5. The molecule has 0 saturated heterocycles. The highest BCUT2D eigenvalue weighted by Crippen LogP contribution is 2.21. The molecule has 0 aliphatic rings. The van der Waals surface area contributed by atoms with Crippen LogP contribution < -0.4 is 5.73 Å². The van der Waals surface area contributed by atoms with E-state index in [2.05, 4.69) is 0 Å². The van der Waals surface area contributed by atoms with E-state index in [-0.39, 0.29) is 12.3 Å². The van der Waals surface area contributed by atoms with E-state index in [1.54, 1.807) is 6.07 Å². The van der Waals surface area contributed by atoms with Gasteiger partial charge in [0, 0.05) is 13.1 Å². The molecule has 5 heteroatoms. The van der Waals surface area contributed by atoms with E-state index in [4.69, 9.17) is 10.8 Å². The molecule has 0 aromatic heterocycles. The predicted molar refractivity (Wildman–Crippen MR) is 69.6 cm³/mol. The van der Waals surface area contributed by atoms with Crippen molar-refractivity contribution >= 4 is 5.69 Å². The second-order valence-electron chi connectivity index (χ2n) is 4.24. The molecule has 4 nitrogen and oxygen atoms in total. The van der Waals surface area contributed by atoms with Crippen LogP contribution >= 0.6 is 0 Å². The highest BCUT2D eigenvalue weighted by molar-refractivity contribution is 5.43. The average Bonchev–Trinajstić information content (AvgIpc) is 2.37. The number of likely N-dealkylation sites (N-methyl/N-ethyl adjacent to an activating group) is 1. The number of anilines is 1. The number of aliphatic hydroxyl groups excluding tert-OH is 2. The molecule has 0 spiro atoms. The molecule has 1 aromatic rings. The van der Waals surface area contributed by atoms with Gasteiger partial charge in [0.05, 0.1) is 18.4 Å². The third kappa shape index (κ3) is 4.25. The highest BCUT2D eigenvalue weighted by Gasteiger charge is 2.11. The zero-order valence-electron chi connectivity index (χ0n) is 10.6. The van der Waals surface area contributed by atoms with Crippen LogP contribution in [0.4, 0.5) is 10.1 Å². The van der Waals surface area contributed by atoms with Gasteiger partial charge in [0.25, 0.3) is 0 Å². The fraction of sp³-hybridized carbons (Fsp3) is 0.538. The molecule has 1 atom stereocenters. The molecule has 1 unspecified atom stereocenters. The first-order chi connectivity index (χ1) is 8.58. The normalized spacial score (nSPS) is 12.9. The fourth-order valence-corrected chi connectivity index (χ4v) is 1.81. The second-order valence-corrected chi connectivity index (χ2v) is 4.24. The van der Waals surface area contributed by atoms with Gasteiger partial charge in [0.1, 0.15) is 5.82 Å². The van der Waals surface area contributed by atoms with Gasteiger partial charge in [-0.25, -0.2) is 4.39 Å². The Morgan fingerprint density at radius 1 is 1.39 bits per heavy atom. The van der Waals surface area contributed by atoms with Crippen molar-refractivity contribution in [3.63, 3.8) is 0 Å². The van der Waals surface area contributed by atoms with Crippen LogP contribution in [0.3, 0.4) is 0 Å². The average molecular weight is 256 g/mol. The summed E-state index contributed by atoms with van der Waals surface area (Å²) in [5, 5.41) is 18.8. The summed E-state index contributed by atoms with van der Waals surface area (Å²) in [6.45, 7) is 4.19. The Balaban J connectivity index is 2.53. The fourth-order valence-electron chi connectivity index (χ4n) is 1.81. The summed E-state index contributed by atoms with van der Waals surface area (Å²) >= 11 is 0. The minimum atomic E-state index is -0.666. The van der Waals surface area contributed by atoms with Crippen LogP contribution in [0.5, 0.6) is 0 Å². The third-order valence-corrected chi connectivity index (χ3v) is 2.99. The summed E-state index contributed by atoms with van der Waals surface area (Å²) in [6, 6.07) is 4.26.